The molecule has 0 bridgehead atoms. The Kier molecular flexibility index (Phi) is 5.62. The van der Waals surface area contributed by atoms with Crippen LogP contribution in [0.25, 0.3) is 0 Å². The molecule has 0 spiro atoms. The topological polar surface area (TPSA) is 96.6 Å². The molecule has 24 heavy (non-hydrogen) atoms. The van der Waals surface area contributed by atoms with Crippen molar-refractivity contribution in [2.75, 3.05) is 11.9 Å². The Balaban J connectivity index is 1.85. The molecular formula is C17H18N4O3. The maximum absolute atomic E-state index is 11.8. The molecule has 0 heterocycles. The Morgan fingerprint density at radius 2 is 1.79 bits per heavy atom. The van der Waals surface area contributed by atoms with E-state index < -0.39 is 4.92 Å². The van der Waals surface area contributed by atoms with Gasteiger partial charge >= 0.3 is 0 Å². The summed E-state index contributed by atoms with van der Waals surface area (Å²) in [5.74, 6) is -0.282. The first kappa shape index (κ1) is 17.1. The van der Waals surface area contributed by atoms with E-state index in [9.17, 15) is 14.9 Å². The van der Waals surface area contributed by atoms with E-state index >= 15 is 0 Å². The Morgan fingerprint density at radius 1 is 1.17 bits per heavy atom. The zero-order valence-electron chi connectivity index (χ0n) is 13.4. The molecule has 2 aromatic rings. The number of non-ortho nitro benzene ring substituents is 1. The van der Waals surface area contributed by atoms with Gasteiger partial charge in [-0.15, -0.1) is 0 Å². The predicted molar refractivity (Wildman–Crippen MR) is 93.2 cm³/mol. The number of para-hydroxylation sites is 1. The number of rotatable bonds is 6. The van der Waals surface area contributed by atoms with Crippen LogP contribution in [0.15, 0.2) is 47.6 Å². The molecular weight excluding hydrogens is 308 g/mol. The monoisotopic (exact) mass is 326 g/mol. The molecule has 0 saturated carbocycles. The third kappa shape index (κ3) is 4.64. The summed E-state index contributed by atoms with van der Waals surface area (Å²) < 4.78 is 0. The minimum atomic E-state index is -0.470. The van der Waals surface area contributed by atoms with Crippen LogP contribution >= 0.6 is 0 Å². The Morgan fingerprint density at radius 3 is 2.38 bits per heavy atom. The lowest BCUT2D eigenvalue weighted by atomic mass is 10.1. The summed E-state index contributed by atoms with van der Waals surface area (Å²) in [7, 11) is 0. The molecule has 0 aliphatic rings. The van der Waals surface area contributed by atoms with Crippen LogP contribution in [0.5, 0.6) is 0 Å². The summed E-state index contributed by atoms with van der Waals surface area (Å²) >= 11 is 0. The average molecular weight is 326 g/mol. The molecule has 0 fully saturated rings. The number of aryl methyl sites for hydroxylation is 2. The van der Waals surface area contributed by atoms with Gasteiger partial charge in [-0.05, 0) is 42.7 Å². The van der Waals surface area contributed by atoms with Crippen LogP contribution in [0.2, 0.25) is 0 Å². The number of nitro groups is 1. The van der Waals surface area contributed by atoms with Gasteiger partial charge in [-0.1, -0.05) is 18.2 Å². The number of hydrogen-bond acceptors (Lipinski definition) is 5. The molecule has 7 heteroatoms. The normalized spacial score (nSPS) is 10.6. The number of hydrogen-bond donors (Lipinski definition) is 2. The molecule has 0 atom stereocenters. The second-order valence-corrected chi connectivity index (χ2v) is 5.26. The first-order valence-corrected chi connectivity index (χ1v) is 7.34. The van der Waals surface area contributed by atoms with Gasteiger partial charge in [-0.25, -0.2) is 5.43 Å². The summed E-state index contributed by atoms with van der Waals surface area (Å²) in [6, 6.07) is 11.8. The maximum Gasteiger partial charge on any atom is 0.269 e. The van der Waals surface area contributed by atoms with E-state index in [2.05, 4.69) is 15.8 Å². The summed E-state index contributed by atoms with van der Waals surface area (Å²) in [6.45, 7) is 4.04. The zero-order valence-corrected chi connectivity index (χ0v) is 13.4. The van der Waals surface area contributed by atoms with Gasteiger partial charge in [0.05, 0.1) is 17.7 Å². The van der Waals surface area contributed by atoms with E-state index in [1.165, 1.54) is 18.3 Å². The SMILES string of the molecule is Cc1cccc(C)c1NCC(=O)N/N=C/c1ccc([N+](=O)[O-])cc1. The van der Waals surface area contributed by atoms with Gasteiger partial charge in [-0.3, -0.25) is 14.9 Å². The molecule has 0 aromatic heterocycles. The van der Waals surface area contributed by atoms with Crippen LogP contribution in [-0.2, 0) is 4.79 Å². The summed E-state index contributed by atoms with van der Waals surface area (Å²) in [5.41, 5.74) is 6.15. The minimum Gasteiger partial charge on any atom is -0.376 e. The molecule has 2 rings (SSSR count). The van der Waals surface area contributed by atoms with Gasteiger partial charge in [0, 0.05) is 17.8 Å². The number of benzene rings is 2. The smallest absolute Gasteiger partial charge is 0.269 e. The second kappa shape index (κ2) is 7.87. The summed E-state index contributed by atoms with van der Waals surface area (Å²) in [4.78, 5) is 21.9. The molecule has 124 valence electrons. The lowest BCUT2D eigenvalue weighted by molar-refractivity contribution is -0.384. The van der Waals surface area contributed by atoms with E-state index in [0.29, 0.717) is 5.56 Å². The van der Waals surface area contributed by atoms with Gasteiger partial charge in [0.1, 0.15) is 0 Å². The zero-order chi connectivity index (χ0) is 17.5. The van der Waals surface area contributed by atoms with E-state index in [-0.39, 0.29) is 18.1 Å². The predicted octanol–water partition coefficient (Wildman–Crippen LogP) is 2.77. The fourth-order valence-corrected chi connectivity index (χ4v) is 2.16. The number of anilines is 1. The van der Waals surface area contributed by atoms with E-state index in [1.807, 2.05) is 32.0 Å². The van der Waals surface area contributed by atoms with Crippen molar-refractivity contribution in [2.24, 2.45) is 5.10 Å². The highest BCUT2D eigenvalue weighted by Gasteiger charge is 2.05. The van der Waals surface area contributed by atoms with Crippen molar-refractivity contribution < 1.29 is 9.72 Å². The molecule has 0 aliphatic heterocycles. The Hall–Kier alpha value is -3.22. The molecule has 0 aliphatic carbocycles. The van der Waals surface area contributed by atoms with E-state index in [0.717, 1.165) is 16.8 Å². The minimum absolute atomic E-state index is 0.00832. The molecule has 2 N–H and O–H groups in total. The molecule has 7 nitrogen and oxygen atoms in total. The largest absolute Gasteiger partial charge is 0.376 e. The molecule has 1 amide bonds. The van der Waals surface area contributed by atoms with Crippen LogP contribution in [0.1, 0.15) is 16.7 Å². The van der Waals surface area contributed by atoms with Gasteiger partial charge in [0.15, 0.2) is 0 Å². The summed E-state index contributed by atoms with van der Waals surface area (Å²) in [5, 5.41) is 17.5. The number of nitrogens with zero attached hydrogens (tertiary/aromatic N) is 2. The fraction of sp³-hybridized carbons (Fsp3) is 0.176. The first-order chi connectivity index (χ1) is 11.5. The van der Waals surface area contributed by atoms with E-state index in [4.69, 9.17) is 0 Å². The lowest BCUT2D eigenvalue weighted by Gasteiger charge is -2.11. The van der Waals surface area contributed by atoms with Crippen molar-refractivity contribution >= 4 is 23.5 Å². The van der Waals surface area contributed by atoms with Gasteiger partial charge in [0.25, 0.3) is 11.6 Å². The average Bonchev–Trinajstić information content (AvgIpc) is 2.55. The van der Waals surface area contributed by atoms with Gasteiger partial charge in [-0.2, -0.15) is 5.10 Å². The highest BCUT2D eigenvalue weighted by Crippen LogP contribution is 2.18. The second-order valence-electron chi connectivity index (χ2n) is 5.26. The highest BCUT2D eigenvalue weighted by atomic mass is 16.6. The number of amides is 1. The van der Waals surface area contributed by atoms with Crippen molar-refractivity contribution in [3.8, 4) is 0 Å². The van der Waals surface area contributed by atoms with Gasteiger partial charge in [0.2, 0.25) is 0 Å². The maximum atomic E-state index is 11.8. The third-order valence-corrected chi connectivity index (χ3v) is 3.41. The first-order valence-electron chi connectivity index (χ1n) is 7.34. The van der Waals surface area contributed by atoms with Crippen LogP contribution < -0.4 is 10.7 Å². The van der Waals surface area contributed by atoms with Crippen LogP contribution in [-0.4, -0.2) is 23.6 Å². The molecule has 0 radical (unpaired) electrons. The molecule has 0 unspecified atom stereocenters. The van der Waals surface area contributed by atoms with Crippen LogP contribution in [0.3, 0.4) is 0 Å². The Labute approximate surface area is 139 Å². The summed E-state index contributed by atoms with van der Waals surface area (Å²) in [6.07, 6.45) is 1.43. The molecule has 0 saturated heterocycles. The number of nitrogens with one attached hydrogen (secondary N) is 2. The Bertz CT molecular complexity index is 750. The number of carbonyl (C=O) groups excluding carboxylic acids is 1. The van der Waals surface area contributed by atoms with Crippen molar-refractivity contribution in [1.29, 1.82) is 0 Å². The number of nitro benzene ring substituents is 1. The third-order valence-electron chi connectivity index (χ3n) is 3.41. The molecule has 2 aromatic carbocycles. The van der Waals surface area contributed by atoms with Crippen molar-refractivity contribution in [3.63, 3.8) is 0 Å². The van der Waals surface area contributed by atoms with Crippen molar-refractivity contribution in [1.82, 2.24) is 5.43 Å². The van der Waals surface area contributed by atoms with Gasteiger partial charge < -0.3 is 5.32 Å². The van der Waals surface area contributed by atoms with Crippen LogP contribution in [0, 0.1) is 24.0 Å². The van der Waals surface area contributed by atoms with Crippen LogP contribution in [0.4, 0.5) is 11.4 Å². The van der Waals surface area contributed by atoms with Crippen molar-refractivity contribution in [3.05, 3.63) is 69.3 Å². The fourth-order valence-electron chi connectivity index (χ4n) is 2.16. The lowest BCUT2D eigenvalue weighted by Crippen LogP contribution is -2.26. The standard InChI is InChI=1S/C17H18N4O3/c1-12-4-3-5-13(2)17(12)18-11-16(22)20-19-10-14-6-8-15(9-7-14)21(23)24/h3-10,18H,11H2,1-2H3,(H,20,22)/b19-10+. The quantitative estimate of drug-likeness (QED) is 0.484. The number of hydrazone groups is 1. The van der Waals surface area contributed by atoms with E-state index in [1.54, 1.807) is 12.1 Å². The van der Waals surface area contributed by atoms with Crippen molar-refractivity contribution in [2.45, 2.75) is 13.8 Å². The highest BCUT2D eigenvalue weighted by molar-refractivity contribution is 5.84. The number of carbonyl (C=O) groups is 1.